The van der Waals surface area contributed by atoms with E-state index < -0.39 is 0 Å². The van der Waals surface area contributed by atoms with Crippen LogP contribution in [0.15, 0.2) is 59.3 Å². The van der Waals surface area contributed by atoms with Gasteiger partial charge < -0.3 is 4.57 Å². The minimum absolute atomic E-state index is 0.247. The van der Waals surface area contributed by atoms with Gasteiger partial charge in [-0.3, -0.25) is 0 Å². The second-order valence-corrected chi connectivity index (χ2v) is 5.80. The van der Waals surface area contributed by atoms with Gasteiger partial charge in [0.25, 0.3) is 0 Å². The molecule has 3 rings (SSSR count). The van der Waals surface area contributed by atoms with Crippen LogP contribution in [0.2, 0.25) is 0 Å². The summed E-state index contributed by atoms with van der Waals surface area (Å²) in [5.41, 5.74) is 3.32. The lowest BCUT2D eigenvalue weighted by molar-refractivity contribution is 0.619. The van der Waals surface area contributed by atoms with E-state index in [0.717, 1.165) is 17.0 Å². The molecule has 21 heavy (non-hydrogen) atoms. The molecule has 1 aromatic heterocycles. The lowest BCUT2D eigenvalue weighted by atomic mass is 10.1. The number of benzene rings is 2. The average molecular weight is 345 g/mol. The van der Waals surface area contributed by atoms with E-state index in [1.165, 1.54) is 11.6 Å². The van der Waals surface area contributed by atoms with Crippen molar-refractivity contribution in [2.24, 2.45) is 0 Å². The van der Waals surface area contributed by atoms with E-state index in [4.69, 9.17) is 0 Å². The lowest BCUT2D eigenvalue weighted by Crippen LogP contribution is -2.02. The summed E-state index contributed by atoms with van der Waals surface area (Å²) in [6.45, 7) is 2.73. The van der Waals surface area contributed by atoms with Crippen molar-refractivity contribution in [2.75, 3.05) is 0 Å². The van der Waals surface area contributed by atoms with Crippen LogP contribution in [0.3, 0.4) is 0 Å². The van der Waals surface area contributed by atoms with Gasteiger partial charge in [-0.15, -0.1) is 0 Å². The van der Waals surface area contributed by atoms with Crippen LogP contribution in [-0.4, -0.2) is 9.55 Å². The maximum absolute atomic E-state index is 13.3. The van der Waals surface area contributed by atoms with Crippen molar-refractivity contribution in [2.45, 2.75) is 13.5 Å². The van der Waals surface area contributed by atoms with Gasteiger partial charge >= 0.3 is 0 Å². The van der Waals surface area contributed by atoms with Gasteiger partial charge in [-0.25, -0.2) is 9.37 Å². The third-order valence-electron chi connectivity index (χ3n) is 3.44. The molecule has 0 spiro atoms. The van der Waals surface area contributed by atoms with Crippen molar-refractivity contribution in [1.82, 2.24) is 9.55 Å². The monoisotopic (exact) mass is 344 g/mol. The first-order valence-corrected chi connectivity index (χ1v) is 7.45. The highest BCUT2D eigenvalue weighted by molar-refractivity contribution is 9.10. The predicted octanol–water partition coefficient (Wildman–Crippen LogP) is 4.81. The molecule has 0 N–H and O–H groups in total. The summed E-state index contributed by atoms with van der Waals surface area (Å²) in [7, 11) is 0. The number of halogens is 2. The van der Waals surface area contributed by atoms with Gasteiger partial charge in [0.1, 0.15) is 11.6 Å². The molecule has 4 heteroatoms. The molecule has 0 unspecified atom stereocenters. The molecule has 2 nitrogen and oxygen atoms in total. The Morgan fingerprint density at radius 2 is 2.00 bits per heavy atom. The highest BCUT2D eigenvalue weighted by atomic mass is 79.9. The van der Waals surface area contributed by atoms with Gasteiger partial charge in [0.2, 0.25) is 0 Å². The van der Waals surface area contributed by atoms with Crippen molar-refractivity contribution in [3.63, 3.8) is 0 Å². The third kappa shape index (κ3) is 2.90. The summed E-state index contributed by atoms with van der Waals surface area (Å²) < 4.78 is 15.9. The van der Waals surface area contributed by atoms with E-state index in [2.05, 4.69) is 44.5 Å². The summed E-state index contributed by atoms with van der Waals surface area (Å²) in [4.78, 5) is 4.46. The Kier molecular flexibility index (Phi) is 3.88. The van der Waals surface area contributed by atoms with Crippen molar-refractivity contribution in [3.8, 4) is 11.4 Å². The Balaban J connectivity index is 1.96. The molecule has 3 aromatic rings. The van der Waals surface area contributed by atoms with E-state index in [1.54, 1.807) is 18.3 Å². The third-order valence-corrected chi connectivity index (χ3v) is 4.05. The lowest BCUT2D eigenvalue weighted by Gasteiger charge is -2.10. The molecule has 0 atom stereocenters. The number of hydrogen-bond acceptors (Lipinski definition) is 1. The summed E-state index contributed by atoms with van der Waals surface area (Å²) in [6.07, 6.45) is 3.74. The average Bonchev–Trinajstić information content (AvgIpc) is 2.91. The van der Waals surface area contributed by atoms with Crippen molar-refractivity contribution < 1.29 is 4.39 Å². The second kappa shape index (κ2) is 5.82. The molecule has 2 aromatic carbocycles. The number of aryl methyl sites for hydroxylation is 1. The molecule has 0 aliphatic rings. The van der Waals surface area contributed by atoms with Crippen LogP contribution in [0.4, 0.5) is 4.39 Å². The maximum Gasteiger partial charge on any atom is 0.140 e. The second-order valence-electron chi connectivity index (χ2n) is 4.94. The Hall–Kier alpha value is -1.94. The fourth-order valence-electron chi connectivity index (χ4n) is 2.34. The first kappa shape index (κ1) is 14.0. The number of hydrogen-bond donors (Lipinski definition) is 0. The highest BCUT2D eigenvalue weighted by Crippen LogP contribution is 2.23. The SMILES string of the molecule is Cc1ccccc1-c1nccn1Cc1ccc(F)c(Br)c1. The Labute approximate surface area is 131 Å². The summed E-state index contributed by atoms with van der Waals surface area (Å²) in [5.74, 6) is 0.678. The van der Waals surface area contributed by atoms with Gasteiger partial charge in [-0.05, 0) is 46.1 Å². The van der Waals surface area contributed by atoms with E-state index in [9.17, 15) is 4.39 Å². The smallest absolute Gasteiger partial charge is 0.140 e. The molecule has 0 aliphatic heterocycles. The zero-order valence-corrected chi connectivity index (χ0v) is 13.1. The van der Waals surface area contributed by atoms with E-state index in [0.29, 0.717) is 11.0 Å². The predicted molar refractivity (Wildman–Crippen MR) is 85.6 cm³/mol. The fourth-order valence-corrected chi connectivity index (χ4v) is 2.77. The molecule has 0 fully saturated rings. The molecule has 106 valence electrons. The van der Waals surface area contributed by atoms with Gasteiger partial charge in [-0.1, -0.05) is 30.3 Å². The maximum atomic E-state index is 13.3. The zero-order chi connectivity index (χ0) is 14.8. The summed E-state index contributed by atoms with van der Waals surface area (Å²) in [5, 5.41) is 0. The topological polar surface area (TPSA) is 17.8 Å². The molecule has 0 aliphatic carbocycles. The van der Waals surface area contributed by atoms with Crippen LogP contribution >= 0.6 is 15.9 Å². The minimum Gasteiger partial charge on any atom is -0.327 e. The van der Waals surface area contributed by atoms with Crippen LogP contribution in [0.25, 0.3) is 11.4 Å². The van der Waals surface area contributed by atoms with Crippen LogP contribution in [0.1, 0.15) is 11.1 Å². The van der Waals surface area contributed by atoms with Crippen molar-refractivity contribution >= 4 is 15.9 Å². The Bertz CT molecular complexity index is 780. The molecule has 0 amide bonds. The Morgan fingerprint density at radius 1 is 1.19 bits per heavy atom. The molecule has 0 radical (unpaired) electrons. The zero-order valence-electron chi connectivity index (χ0n) is 11.6. The normalized spacial score (nSPS) is 10.8. The summed E-state index contributed by atoms with van der Waals surface area (Å²) in [6, 6.07) is 13.2. The highest BCUT2D eigenvalue weighted by Gasteiger charge is 2.09. The van der Waals surface area contributed by atoms with Gasteiger partial charge in [0.05, 0.1) is 4.47 Å². The van der Waals surface area contributed by atoms with E-state index >= 15 is 0 Å². The van der Waals surface area contributed by atoms with E-state index in [-0.39, 0.29) is 5.82 Å². The number of rotatable bonds is 3. The van der Waals surface area contributed by atoms with Crippen LogP contribution < -0.4 is 0 Å². The van der Waals surface area contributed by atoms with Gasteiger partial charge in [0, 0.05) is 24.5 Å². The molecule has 0 saturated heterocycles. The van der Waals surface area contributed by atoms with Crippen LogP contribution in [0.5, 0.6) is 0 Å². The first-order valence-electron chi connectivity index (χ1n) is 6.66. The number of nitrogens with zero attached hydrogens (tertiary/aromatic N) is 2. The minimum atomic E-state index is -0.247. The largest absolute Gasteiger partial charge is 0.327 e. The van der Waals surface area contributed by atoms with Crippen LogP contribution in [-0.2, 0) is 6.54 Å². The molecule has 0 bridgehead atoms. The summed E-state index contributed by atoms with van der Waals surface area (Å²) >= 11 is 3.23. The molecule has 0 saturated carbocycles. The molecule has 1 heterocycles. The first-order chi connectivity index (χ1) is 10.1. The van der Waals surface area contributed by atoms with E-state index in [1.807, 2.05) is 18.3 Å². The standard InChI is InChI=1S/C17H14BrFN2/c1-12-4-2-3-5-14(12)17-20-8-9-21(17)11-13-6-7-16(19)15(18)10-13/h2-10H,11H2,1H3. The van der Waals surface area contributed by atoms with Crippen molar-refractivity contribution in [3.05, 3.63) is 76.3 Å². The van der Waals surface area contributed by atoms with Gasteiger partial charge in [-0.2, -0.15) is 0 Å². The number of aromatic nitrogens is 2. The number of imidazole rings is 1. The quantitative estimate of drug-likeness (QED) is 0.666. The molecular formula is C17H14BrFN2. The Morgan fingerprint density at radius 3 is 2.76 bits per heavy atom. The van der Waals surface area contributed by atoms with Gasteiger partial charge in [0.15, 0.2) is 0 Å². The molecular weight excluding hydrogens is 331 g/mol. The van der Waals surface area contributed by atoms with Crippen LogP contribution in [0, 0.1) is 12.7 Å². The fraction of sp³-hybridized carbons (Fsp3) is 0.118. The van der Waals surface area contributed by atoms with Crippen molar-refractivity contribution in [1.29, 1.82) is 0 Å².